The van der Waals surface area contributed by atoms with Gasteiger partial charge in [-0.25, -0.2) is 8.42 Å². The van der Waals surface area contributed by atoms with Crippen LogP contribution in [0.3, 0.4) is 0 Å². The van der Waals surface area contributed by atoms with Crippen molar-refractivity contribution < 1.29 is 22.7 Å². The summed E-state index contributed by atoms with van der Waals surface area (Å²) >= 11 is 0. The quantitative estimate of drug-likeness (QED) is 0.486. The van der Waals surface area contributed by atoms with Gasteiger partial charge in [-0.3, -0.25) is 14.5 Å². The van der Waals surface area contributed by atoms with Gasteiger partial charge < -0.3 is 14.8 Å². The number of nitrogens with zero attached hydrogens (tertiary/aromatic N) is 1. The van der Waals surface area contributed by atoms with Crippen molar-refractivity contribution in [2.75, 3.05) is 17.9 Å². The zero-order valence-corrected chi connectivity index (χ0v) is 18.7. The number of aromatic nitrogens is 1. The van der Waals surface area contributed by atoms with Crippen LogP contribution in [0, 0.1) is 6.92 Å². The second-order valence-corrected chi connectivity index (χ2v) is 8.56. The van der Waals surface area contributed by atoms with E-state index in [0.717, 1.165) is 5.69 Å². The minimum atomic E-state index is -3.78. The van der Waals surface area contributed by atoms with Gasteiger partial charge in [0, 0.05) is 11.9 Å². The van der Waals surface area contributed by atoms with Crippen LogP contribution < -0.4 is 19.5 Å². The molecule has 3 rings (SSSR count). The van der Waals surface area contributed by atoms with E-state index >= 15 is 0 Å². The van der Waals surface area contributed by atoms with Gasteiger partial charge in [0.15, 0.2) is 6.61 Å². The first kappa shape index (κ1) is 23.1. The molecule has 1 amide bonds. The maximum absolute atomic E-state index is 12.7. The molecule has 1 aromatic heterocycles. The molecule has 9 heteroatoms. The number of aryl methyl sites for hydroxylation is 1. The minimum Gasteiger partial charge on any atom is -0.494 e. The van der Waals surface area contributed by atoms with Crippen molar-refractivity contribution in [1.29, 1.82) is 0 Å². The summed E-state index contributed by atoms with van der Waals surface area (Å²) in [4.78, 5) is 16.2. The number of anilines is 1. The predicted octanol–water partition coefficient (Wildman–Crippen LogP) is 3.28. The number of benzene rings is 2. The van der Waals surface area contributed by atoms with E-state index < -0.39 is 10.0 Å². The van der Waals surface area contributed by atoms with Gasteiger partial charge in [-0.05, 0) is 74.0 Å². The van der Waals surface area contributed by atoms with Gasteiger partial charge in [-0.15, -0.1) is 0 Å². The molecular formula is C23H25N3O5S. The SMILES string of the molecule is CCOc1ccc(NS(=O)(=O)c2ccc(OCC(=O)NCc3ccccn3)c(C)c2)cc1. The second-order valence-electron chi connectivity index (χ2n) is 6.88. The van der Waals surface area contributed by atoms with Gasteiger partial charge in [0.1, 0.15) is 11.5 Å². The van der Waals surface area contributed by atoms with Gasteiger partial charge in [-0.1, -0.05) is 6.07 Å². The molecule has 8 nitrogen and oxygen atoms in total. The summed E-state index contributed by atoms with van der Waals surface area (Å²) in [6.07, 6.45) is 1.65. The molecule has 0 fully saturated rings. The van der Waals surface area contributed by atoms with E-state index in [-0.39, 0.29) is 17.4 Å². The van der Waals surface area contributed by atoms with Crippen LogP contribution in [0.2, 0.25) is 0 Å². The number of rotatable bonds is 10. The van der Waals surface area contributed by atoms with Crippen LogP contribution in [0.15, 0.2) is 71.8 Å². The number of hydrogen-bond donors (Lipinski definition) is 2. The van der Waals surface area contributed by atoms with Crippen LogP contribution >= 0.6 is 0 Å². The number of sulfonamides is 1. The monoisotopic (exact) mass is 455 g/mol. The van der Waals surface area contributed by atoms with Crippen molar-refractivity contribution >= 4 is 21.6 Å². The fourth-order valence-electron chi connectivity index (χ4n) is 2.84. The number of hydrogen-bond acceptors (Lipinski definition) is 6. The van der Waals surface area contributed by atoms with Crippen molar-refractivity contribution in [3.8, 4) is 11.5 Å². The zero-order valence-electron chi connectivity index (χ0n) is 17.9. The molecule has 0 radical (unpaired) electrons. The average Bonchev–Trinajstić information content (AvgIpc) is 2.79. The largest absolute Gasteiger partial charge is 0.494 e. The summed E-state index contributed by atoms with van der Waals surface area (Å²) in [5, 5.41) is 2.72. The number of pyridine rings is 1. The Hall–Kier alpha value is -3.59. The number of nitrogens with one attached hydrogen (secondary N) is 2. The molecule has 0 aliphatic carbocycles. The molecule has 0 spiro atoms. The Kier molecular flexibility index (Phi) is 7.67. The smallest absolute Gasteiger partial charge is 0.261 e. The van der Waals surface area contributed by atoms with Gasteiger partial charge in [0.25, 0.3) is 15.9 Å². The molecule has 0 bridgehead atoms. The molecule has 0 aliphatic rings. The Morgan fingerprint density at radius 1 is 1.03 bits per heavy atom. The first-order valence-corrected chi connectivity index (χ1v) is 11.5. The maximum Gasteiger partial charge on any atom is 0.261 e. The van der Waals surface area contributed by atoms with Crippen LogP contribution in [0.4, 0.5) is 5.69 Å². The van der Waals surface area contributed by atoms with Crippen molar-refractivity contribution in [2.45, 2.75) is 25.3 Å². The Balaban J connectivity index is 1.58. The Morgan fingerprint density at radius 3 is 2.47 bits per heavy atom. The lowest BCUT2D eigenvalue weighted by atomic mass is 10.2. The molecule has 2 N–H and O–H groups in total. The number of carbonyl (C=O) groups is 1. The van der Waals surface area contributed by atoms with Crippen molar-refractivity contribution in [2.24, 2.45) is 0 Å². The minimum absolute atomic E-state index is 0.0934. The fraction of sp³-hybridized carbons (Fsp3) is 0.217. The predicted molar refractivity (Wildman–Crippen MR) is 121 cm³/mol. The van der Waals surface area contributed by atoms with E-state index in [0.29, 0.717) is 35.9 Å². The first-order valence-electron chi connectivity index (χ1n) is 10.0. The van der Waals surface area contributed by atoms with Gasteiger partial charge >= 0.3 is 0 Å². The molecule has 32 heavy (non-hydrogen) atoms. The highest BCUT2D eigenvalue weighted by molar-refractivity contribution is 7.92. The second kappa shape index (κ2) is 10.6. The van der Waals surface area contributed by atoms with E-state index in [1.807, 2.05) is 19.1 Å². The van der Waals surface area contributed by atoms with Gasteiger partial charge in [0.2, 0.25) is 0 Å². The van der Waals surface area contributed by atoms with Crippen LogP contribution in [-0.2, 0) is 21.4 Å². The third-order valence-electron chi connectivity index (χ3n) is 4.43. The number of carbonyl (C=O) groups excluding carboxylic acids is 1. The Bertz CT molecular complexity index is 1150. The van der Waals surface area contributed by atoms with Crippen LogP contribution in [0.25, 0.3) is 0 Å². The lowest BCUT2D eigenvalue weighted by Crippen LogP contribution is -2.28. The van der Waals surface area contributed by atoms with Crippen LogP contribution in [0.5, 0.6) is 11.5 Å². The molecule has 1 heterocycles. The van der Waals surface area contributed by atoms with Crippen LogP contribution in [0.1, 0.15) is 18.2 Å². The first-order chi connectivity index (χ1) is 15.4. The standard InChI is InChI=1S/C23H25N3O5S/c1-3-30-20-9-7-18(8-10-20)26-32(28,29)21-11-12-22(17(2)14-21)31-16-23(27)25-15-19-6-4-5-13-24-19/h4-14,26H,3,15-16H2,1-2H3,(H,25,27). The van der Waals surface area contributed by atoms with Gasteiger partial charge in [-0.2, -0.15) is 0 Å². The van der Waals surface area contributed by atoms with Crippen molar-refractivity contribution in [3.63, 3.8) is 0 Å². The summed E-state index contributed by atoms with van der Waals surface area (Å²) in [5.74, 6) is 0.791. The third-order valence-corrected chi connectivity index (χ3v) is 5.80. The third kappa shape index (κ3) is 6.45. The maximum atomic E-state index is 12.7. The summed E-state index contributed by atoms with van der Waals surface area (Å²) < 4.78 is 38.9. The summed E-state index contributed by atoms with van der Waals surface area (Å²) in [5.41, 5.74) is 1.76. The van der Waals surface area contributed by atoms with Gasteiger partial charge in [0.05, 0.1) is 23.7 Å². The van der Waals surface area contributed by atoms with Crippen molar-refractivity contribution in [3.05, 3.63) is 78.1 Å². The summed E-state index contributed by atoms with van der Waals surface area (Å²) in [7, 11) is -3.78. The molecule has 2 aromatic carbocycles. The van der Waals surface area contributed by atoms with Crippen molar-refractivity contribution in [1.82, 2.24) is 10.3 Å². The van der Waals surface area contributed by atoms with E-state index in [1.54, 1.807) is 43.5 Å². The number of ether oxygens (including phenoxy) is 2. The average molecular weight is 456 g/mol. The summed E-state index contributed by atoms with van der Waals surface area (Å²) in [6.45, 7) is 4.24. The van der Waals surface area contributed by atoms with E-state index in [2.05, 4.69) is 15.0 Å². The van der Waals surface area contributed by atoms with E-state index in [9.17, 15) is 13.2 Å². The van der Waals surface area contributed by atoms with E-state index in [4.69, 9.17) is 9.47 Å². The topological polar surface area (TPSA) is 107 Å². The van der Waals surface area contributed by atoms with Crippen LogP contribution in [-0.4, -0.2) is 32.5 Å². The molecule has 0 saturated heterocycles. The molecule has 3 aromatic rings. The molecule has 0 saturated carbocycles. The summed E-state index contributed by atoms with van der Waals surface area (Å²) in [6, 6.07) is 16.6. The fourth-order valence-corrected chi connectivity index (χ4v) is 3.98. The Morgan fingerprint density at radius 2 is 1.81 bits per heavy atom. The molecule has 0 unspecified atom stereocenters. The molecule has 0 aliphatic heterocycles. The molecule has 0 atom stereocenters. The lowest BCUT2D eigenvalue weighted by Gasteiger charge is -2.13. The highest BCUT2D eigenvalue weighted by Gasteiger charge is 2.16. The lowest BCUT2D eigenvalue weighted by molar-refractivity contribution is -0.123. The highest BCUT2D eigenvalue weighted by atomic mass is 32.2. The zero-order chi connectivity index (χ0) is 23.0. The normalized spacial score (nSPS) is 10.9. The number of amides is 1. The van der Waals surface area contributed by atoms with E-state index in [1.165, 1.54) is 18.2 Å². The highest BCUT2D eigenvalue weighted by Crippen LogP contribution is 2.24. The molecular weight excluding hydrogens is 430 g/mol. The Labute approximate surface area is 187 Å². The molecule has 168 valence electrons.